The zero-order chi connectivity index (χ0) is 41.4. The topological polar surface area (TPSA) is 6.48 Å². The first-order valence-corrected chi connectivity index (χ1v) is 19.5. The molecule has 0 amide bonds. The average molecular weight is 795 g/mol. The van der Waals surface area contributed by atoms with Gasteiger partial charge in [0.1, 0.15) is 0 Å². The Hall–Kier alpha value is -6.54. The van der Waals surface area contributed by atoms with Crippen LogP contribution in [0, 0.1) is 0 Å². The summed E-state index contributed by atoms with van der Waals surface area (Å²) in [5.74, 6) is 0. The minimum atomic E-state index is -4.43. The van der Waals surface area contributed by atoms with Crippen LogP contribution in [-0.4, -0.2) is 0 Å². The molecule has 7 aromatic carbocycles. The molecular formula is C51H40F6N2. The molecule has 0 N–H and O–H groups in total. The smallest absolute Gasteiger partial charge is 0.311 e. The van der Waals surface area contributed by atoms with E-state index in [9.17, 15) is 26.3 Å². The van der Waals surface area contributed by atoms with Crippen molar-refractivity contribution in [2.75, 3.05) is 9.80 Å². The fourth-order valence-corrected chi connectivity index (χ4v) is 8.33. The molecule has 0 heterocycles. The predicted molar refractivity (Wildman–Crippen MR) is 228 cm³/mol. The van der Waals surface area contributed by atoms with Gasteiger partial charge in [-0.15, -0.1) is 0 Å². The van der Waals surface area contributed by atoms with E-state index in [0.717, 1.165) is 76.5 Å². The highest BCUT2D eigenvalue weighted by atomic mass is 19.4. The molecule has 296 valence electrons. The molecule has 2 nitrogen and oxygen atoms in total. The van der Waals surface area contributed by atoms with E-state index in [1.807, 2.05) is 101 Å². The molecule has 0 aliphatic heterocycles. The van der Waals surface area contributed by atoms with E-state index in [1.54, 1.807) is 0 Å². The van der Waals surface area contributed by atoms with Gasteiger partial charge in [-0.25, -0.2) is 0 Å². The van der Waals surface area contributed by atoms with Crippen LogP contribution in [0.5, 0.6) is 0 Å². The van der Waals surface area contributed by atoms with Gasteiger partial charge < -0.3 is 9.80 Å². The molecule has 0 saturated heterocycles. The van der Waals surface area contributed by atoms with Gasteiger partial charge in [0.25, 0.3) is 0 Å². The van der Waals surface area contributed by atoms with E-state index in [2.05, 4.69) is 56.3 Å². The van der Waals surface area contributed by atoms with Gasteiger partial charge in [0, 0.05) is 39.5 Å². The van der Waals surface area contributed by atoms with E-state index in [-0.39, 0.29) is 5.41 Å². The summed E-state index contributed by atoms with van der Waals surface area (Å²) in [5.41, 5.74) is 9.65. The van der Waals surface area contributed by atoms with Crippen molar-refractivity contribution in [3.8, 4) is 11.1 Å². The Labute approximate surface area is 340 Å². The Morgan fingerprint density at radius 1 is 0.407 bits per heavy atom. The Balaban J connectivity index is 1.09. The number of benzene rings is 7. The molecule has 7 aromatic rings. The Kier molecular flexibility index (Phi) is 10.4. The number of hydrogen-bond donors (Lipinski definition) is 0. The molecule has 59 heavy (non-hydrogen) atoms. The lowest BCUT2D eigenvalue weighted by Crippen LogP contribution is -2.23. The molecule has 8 heteroatoms. The highest BCUT2D eigenvalue weighted by Gasteiger charge is 2.41. The third kappa shape index (κ3) is 7.63. The molecule has 0 bridgehead atoms. The summed E-state index contributed by atoms with van der Waals surface area (Å²) in [6.07, 6.45) is -3.00. The maximum absolute atomic E-state index is 13.5. The van der Waals surface area contributed by atoms with E-state index in [0.29, 0.717) is 11.4 Å². The van der Waals surface area contributed by atoms with Crippen LogP contribution in [0.15, 0.2) is 170 Å². The van der Waals surface area contributed by atoms with Crippen LogP contribution in [0.4, 0.5) is 60.5 Å². The summed E-state index contributed by atoms with van der Waals surface area (Å²) < 4.78 is 80.6. The summed E-state index contributed by atoms with van der Waals surface area (Å²) in [4.78, 5) is 3.93. The van der Waals surface area contributed by atoms with E-state index >= 15 is 0 Å². The molecule has 0 atom stereocenters. The van der Waals surface area contributed by atoms with Gasteiger partial charge in [0.15, 0.2) is 0 Å². The number of alkyl halides is 6. The third-order valence-electron chi connectivity index (χ3n) is 11.4. The highest BCUT2D eigenvalue weighted by Crippen LogP contribution is 2.54. The van der Waals surface area contributed by atoms with Gasteiger partial charge in [-0.1, -0.05) is 98.8 Å². The molecule has 0 unspecified atom stereocenters. The summed E-state index contributed by atoms with van der Waals surface area (Å²) in [6.45, 7) is 4.40. The van der Waals surface area contributed by atoms with Crippen molar-refractivity contribution >= 4 is 46.3 Å². The van der Waals surface area contributed by atoms with Crippen molar-refractivity contribution in [3.05, 3.63) is 203 Å². The van der Waals surface area contributed by atoms with Crippen molar-refractivity contribution in [1.82, 2.24) is 0 Å². The maximum atomic E-state index is 13.5. The molecule has 1 aliphatic rings. The average Bonchev–Trinajstić information content (AvgIpc) is 3.52. The van der Waals surface area contributed by atoms with Crippen LogP contribution in [0.3, 0.4) is 0 Å². The van der Waals surface area contributed by atoms with Gasteiger partial charge in [-0.2, -0.15) is 26.3 Å². The third-order valence-corrected chi connectivity index (χ3v) is 11.4. The molecule has 8 rings (SSSR count). The monoisotopic (exact) mass is 794 g/mol. The highest BCUT2D eigenvalue weighted by molar-refractivity contribution is 5.87. The number of fused-ring (bicyclic) bond motifs is 3. The second-order valence-corrected chi connectivity index (χ2v) is 14.7. The number of rotatable bonds is 10. The predicted octanol–water partition coefficient (Wildman–Crippen LogP) is 15.9. The largest absolute Gasteiger partial charge is 0.416 e. The number of hydrogen-bond acceptors (Lipinski definition) is 2. The van der Waals surface area contributed by atoms with E-state index in [4.69, 9.17) is 0 Å². The fraction of sp³-hybridized carbons (Fsp3) is 0.137. The molecule has 0 radical (unpaired) electrons. The fourth-order valence-electron chi connectivity index (χ4n) is 8.33. The Bertz CT molecular complexity index is 2570. The molecule has 0 fully saturated rings. The van der Waals surface area contributed by atoms with Crippen molar-refractivity contribution < 1.29 is 26.3 Å². The lowest BCUT2D eigenvalue weighted by Gasteiger charge is -2.32. The SMILES string of the molecule is CCC1(CC)c2cc(/C=C/c3ccc(N(c4ccccc4)c4ccc(C(F)(F)F)cc4)cc3)ccc2-c2ccc(N(c3ccccc3)c3ccc(C(F)(F)F)cc3)cc21. The summed E-state index contributed by atoms with van der Waals surface area (Å²) >= 11 is 0. The van der Waals surface area contributed by atoms with E-state index < -0.39 is 23.5 Å². The lowest BCUT2D eigenvalue weighted by atomic mass is 9.73. The second kappa shape index (κ2) is 15.7. The Morgan fingerprint density at radius 2 is 0.763 bits per heavy atom. The molecule has 1 aliphatic carbocycles. The first-order chi connectivity index (χ1) is 28.4. The number of para-hydroxylation sites is 2. The molecule has 0 aromatic heterocycles. The van der Waals surface area contributed by atoms with Gasteiger partial charge in [-0.05, 0) is 143 Å². The normalized spacial score (nSPS) is 13.3. The summed E-state index contributed by atoms with van der Waals surface area (Å²) in [5, 5.41) is 0. The lowest BCUT2D eigenvalue weighted by molar-refractivity contribution is -0.138. The minimum Gasteiger partial charge on any atom is -0.311 e. The van der Waals surface area contributed by atoms with Gasteiger partial charge in [0.2, 0.25) is 0 Å². The maximum Gasteiger partial charge on any atom is 0.416 e. The van der Waals surface area contributed by atoms with Gasteiger partial charge >= 0.3 is 12.4 Å². The number of nitrogens with zero attached hydrogens (tertiary/aromatic N) is 2. The molecule has 0 spiro atoms. The second-order valence-electron chi connectivity index (χ2n) is 14.7. The zero-order valence-corrected chi connectivity index (χ0v) is 32.4. The quantitative estimate of drug-likeness (QED) is 0.101. The van der Waals surface area contributed by atoms with E-state index in [1.165, 1.54) is 41.0 Å². The Morgan fingerprint density at radius 3 is 1.22 bits per heavy atom. The van der Waals surface area contributed by atoms with Crippen molar-refractivity contribution in [2.45, 2.75) is 44.5 Å². The summed E-state index contributed by atoms with van der Waals surface area (Å²) in [6, 6.07) is 50.5. The number of halogens is 6. The van der Waals surface area contributed by atoms with Crippen molar-refractivity contribution in [3.63, 3.8) is 0 Å². The van der Waals surface area contributed by atoms with Gasteiger partial charge in [-0.3, -0.25) is 0 Å². The van der Waals surface area contributed by atoms with Crippen LogP contribution < -0.4 is 9.80 Å². The van der Waals surface area contributed by atoms with Crippen molar-refractivity contribution in [1.29, 1.82) is 0 Å². The molecule has 0 saturated carbocycles. The first kappa shape index (κ1) is 39.3. The van der Waals surface area contributed by atoms with Crippen LogP contribution in [0.25, 0.3) is 23.3 Å². The first-order valence-electron chi connectivity index (χ1n) is 19.5. The van der Waals surface area contributed by atoms with Crippen LogP contribution in [0.1, 0.15) is 60.1 Å². The minimum absolute atomic E-state index is 0.284. The van der Waals surface area contributed by atoms with Crippen molar-refractivity contribution in [2.24, 2.45) is 0 Å². The standard InChI is InChI=1S/C51H40F6N2/c1-3-49(4-2)47-33-36(16-15-35-17-24-41(25-18-35)58(39-11-7-5-8-12-39)42-26-20-37(21-27-42)50(52,53)54)19-31-45(47)46-32-30-44(34-48(46)49)59(40-13-9-6-10-14-40)43-28-22-38(23-29-43)51(55,56)57/h5-34H,3-4H2,1-2H3/b16-15+. The van der Waals surface area contributed by atoms with Crippen LogP contribution in [-0.2, 0) is 17.8 Å². The van der Waals surface area contributed by atoms with Crippen LogP contribution >= 0.6 is 0 Å². The number of anilines is 6. The zero-order valence-electron chi connectivity index (χ0n) is 32.4. The molecular weight excluding hydrogens is 755 g/mol. The summed E-state index contributed by atoms with van der Waals surface area (Å²) in [7, 11) is 0. The van der Waals surface area contributed by atoms with Crippen LogP contribution in [0.2, 0.25) is 0 Å². The van der Waals surface area contributed by atoms with Gasteiger partial charge in [0.05, 0.1) is 11.1 Å².